The van der Waals surface area contributed by atoms with Gasteiger partial charge in [0.05, 0.1) is 0 Å². The standard InChI is InChI=1S/C9H16N4OS/c10-8-12-9(15-13-8)11-4-1-5-14-6-7-2-3-7/h7H,1-6H2,(H3,10,11,12,13). The van der Waals surface area contributed by atoms with Gasteiger partial charge in [-0.1, -0.05) is 0 Å². The van der Waals surface area contributed by atoms with E-state index in [0.29, 0.717) is 5.95 Å². The number of aromatic nitrogens is 2. The molecule has 15 heavy (non-hydrogen) atoms. The average molecular weight is 228 g/mol. The molecule has 84 valence electrons. The number of nitrogens with two attached hydrogens (primary N) is 1. The van der Waals surface area contributed by atoms with Gasteiger partial charge in [-0.15, -0.1) is 0 Å². The van der Waals surface area contributed by atoms with Crippen molar-refractivity contribution in [2.75, 3.05) is 30.8 Å². The zero-order chi connectivity index (χ0) is 10.5. The topological polar surface area (TPSA) is 73.1 Å². The van der Waals surface area contributed by atoms with E-state index >= 15 is 0 Å². The largest absolute Gasteiger partial charge is 0.381 e. The van der Waals surface area contributed by atoms with Gasteiger partial charge in [-0.25, -0.2) is 0 Å². The van der Waals surface area contributed by atoms with E-state index in [2.05, 4.69) is 14.7 Å². The summed E-state index contributed by atoms with van der Waals surface area (Å²) < 4.78 is 9.38. The number of nitrogens with one attached hydrogen (secondary N) is 1. The van der Waals surface area contributed by atoms with E-state index in [1.54, 1.807) is 0 Å². The summed E-state index contributed by atoms with van der Waals surface area (Å²) in [6, 6.07) is 0. The predicted molar refractivity (Wildman–Crippen MR) is 61.0 cm³/mol. The fourth-order valence-electron chi connectivity index (χ4n) is 1.21. The molecule has 6 heteroatoms. The van der Waals surface area contributed by atoms with Crippen LogP contribution in [0.3, 0.4) is 0 Å². The molecule has 0 unspecified atom stereocenters. The van der Waals surface area contributed by atoms with E-state index in [-0.39, 0.29) is 0 Å². The lowest BCUT2D eigenvalue weighted by atomic mass is 10.4. The second kappa shape index (κ2) is 5.27. The highest BCUT2D eigenvalue weighted by Crippen LogP contribution is 2.28. The summed E-state index contributed by atoms with van der Waals surface area (Å²) in [5.41, 5.74) is 5.39. The van der Waals surface area contributed by atoms with Crippen molar-refractivity contribution in [3.63, 3.8) is 0 Å². The number of rotatable bonds is 7. The van der Waals surface area contributed by atoms with Crippen LogP contribution in [0.25, 0.3) is 0 Å². The molecule has 1 aromatic rings. The highest BCUT2D eigenvalue weighted by atomic mass is 32.1. The molecule has 0 amide bonds. The Morgan fingerprint density at radius 1 is 1.53 bits per heavy atom. The summed E-state index contributed by atoms with van der Waals surface area (Å²) in [5.74, 6) is 1.19. The molecule has 2 rings (SSSR count). The van der Waals surface area contributed by atoms with Gasteiger partial charge in [0.25, 0.3) is 0 Å². The van der Waals surface area contributed by atoms with Crippen molar-refractivity contribution in [2.45, 2.75) is 19.3 Å². The Balaban J connectivity index is 1.47. The SMILES string of the molecule is Nc1nsc(NCCCOCC2CC2)n1. The maximum Gasteiger partial charge on any atom is 0.233 e. The number of nitrogen functional groups attached to an aromatic ring is 1. The molecule has 1 saturated carbocycles. The molecule has 0 spiro atoms. The second-order valence-corrected chi connectivity index (χ2v) is 4.51. The Kier molecular flexibility index (Phi) is 3.74. The molecule has 3 N–H and O–H groups in total. The Morgan fingerprint density at radius 3 is 3.07 bits per heavy atom. The van der Waals surface area contributed by atoms with Crippen LogP contribution < -0.4 is 11.1 Å². The Bertz CT molecular complexity index is 300. The van der Waals surface area contributed by atoms with E-state index in [0.717, 1.165) is 37.2 Å². The molecule has 0 bridgehead atoms. The fourth-order valence-corrected chi connectivity index (χ4v) is 1.73. The Morgan fingerprint density at radius 2 is 2.40 bits per heavy atom. The van der Waals surface area contributed by atoms with Crippen LogP contribution in [0.2, 0.25) is 0 Å². The maximum atomic E-state index is 5.50. The van der Waals surface area contributed by atoms with Crippen LogP contribution >= 0.6 is 11.5 Å². The lowest BCUT2D eigenvalue weighted by Gasteiger charge is -2.03. The normalized spacial score (nSPS) is 15.5. The molecule has 0 saturated heterocycles. The molecule has 1 aliphatic rings. The summed E-state index contributed by atoms with van der Waals surface area (Å²) in [7, 11) is 0. The van der Waals surface area contributed by atoms with Gasteiger partial charge in [-0.3, -0.25) is 0 Å². The molecule has 0 atom stereocenters. The number of hydrogen-bond acceptors (Lipinski definition) is 6. The third kappa shape index (κ3) is 4.01. The smallest absolute Gasteiger partial charge is 0.233 e. The monoisotopic (exact) mass is 228 g/mol. The van der Waals surface area contributed by atoms with Gasteiger partial charge < -0.3 is 15.8 Å². The van der Waals surface area contributed by atoms with Crippen LogP contribution in [0.15, 0.2) is 0 Å². The van der Waals surface area contributed by atoms with Crippen molar-refractivity contribution in [2.24, 2.45) is 5.92 Å². The molecule has 1 heterocycles. The van der Waals surface area contributed by atoms with E-state index in [1.807, 2.05) is 0 Å². The van der Waals surface area contributed by atoms with Gasteiger partial charge in [0.2, 0.25) is 11.1 Å². The Labute approximate surface area is 93.2 Å². The van der Waals surface area contributed by atoms with Crippen molar-refractivity contribution in [1.29, 1.82) is 0 Å². The van der Waals surface area contributed by atoms with E-state index < -0.39 is 0 Å². The maximum absolute atomic E-state index is 5.50. The first-order valence-corrected chi connectivity index (χ1v) is 6.03. The van der Waals surface area contributed by atoms with Crippen LogP contribution in [-0.2, 0) is 4.74 Å². The van der Waals surface area contributed by atoms with Gasteiger partial charge in [-0.2, -0.15) is 9.36 Å². The number of hydrogen-bond donors (Lipinski definition) is 2. The summed E-state index contributed by atoms with van der Waals surface area (Å²) in [6.07, 6.45) is 3.69. The van der Waals surface area contributed by atoms with Gasteiger partial charge >= 0.3 is 0 Å². The number of ether oxygens (including phenoxy) is 1. The zero-order valence-corrected chi connectivity index (χ0v) is 9.42. The minimum absolute atomic E-state index is 0.340. The van der Waals surface area contributed by atoms with Crippen molar-refractivity contribution in [3.05, 3.63) is 0 Å². The molecule has 1 aromatic heterocycles. The highest BCUT2D eigenvalue weighted by molar-refractivity contribution is 7.09. The van der Waals surface area contributed by atoms with Gasteiger partial charge in [0.1, 0.15) is 0 Å². The molecular formula is C9H16N4OS. The lowest BCUT2D eigenvalue weighted by molar-refractivity contribution is 0.124. The quantitative estimate of drug-likeness (QED) is 0.689. The summed E-state index contributed by atoms with van der Waals surface area (Å²) in [6.45, 7) is 2.61. The summed E-state index contributed by atoms with van der Waals surface area (Å²) in [4.78, 5) is 4.00. The third-order valence-electron chi connectivity index (χ3n) is 2.23. The third-order valence-corrected chi connectivity index (χ3v) is 2.92. The fraction of sp³-hybridized carbons (Fsp3) is 0.778. The van der Waals surface area contributed by atoms with Crippen molar-refractivity contribution in [1.82, 2.24) is 9.36 Å². The molecule has 0 aliphatic heterocycles. The van der Waals surface area contributed by atoms with E-state index in [1.165, 1.54) is 24.4 Å². The van der Waals surface area contributed by atoms with Crippen LogP contribution in [0.1, 0.15) is 19.3 Å². The molecular weight excluding hydrogens is 212 g/mol. The van der Waals surface area contributed by atoms with Crippen molar-refractivity contribution < 1.29 is 4.74 Å². The van der Waals surface area contributed by atoms with Gasteiger partial charge in [0.15, 0.2) is 0 Å². The van der Waals surface area contributed by atoms with Crippen molar-refractivity contribution in [3.8, 4) is 0 Å². The van der Waals surface area contributed by atoms with Gasteiger partial charge in [-0.05, 0) is 25.2 Å². The zero-order valence-electron chi connectivity index (χ0n) is 8.61. The number of anilines is 2. The van der Waals surface area contributed by atoms with Crippen LogP contribution in [0.5, 0.6) is 0 Å². The minimum atomic E-state index is 0.340. The number of nitrogens with zero attached hydrogens (tertiary/aromatic N) is 2. The van der Waals surface area contributed by atoms with Crippen LogP contribution in [0.4, 0.5) is 11.1 Å². The van der Waals surface area contributed by atoms with Crippen LogP contribution in [-0.4, -0.2) is 29.1 Å². The average Bonchev–Trinajstić information content (AvgIpc) is 2.95. The van der Waals surface area contributed by atoms with Gasteiger partial charge in [0, 0.05) is 31.3 Å². The minimum Gasteiger partial charge on any atom is -0.381 e. The molecule has 5 nitrogen and oxygen atoms in total. The molecule has 1 fully saturated rings. The first-order chi connectivity index (χ1) is 7.34. The van der Waals surface area contributed by atoms with E-state index in [4.69, 9.17) is 10.5 Å². The molecule has 0 aromatic carbocycles. The molecule has 1 aliphatic carbocycles. The second-order valence-electron chi connectivity index (χ2n) is 3.76. The predicted octanol–water partition coefficient (Wildman–Crippen LogP) is 1.35. The summed E-state index contributed by atoms with van der Waals surface area (Å²) in [5, 5.41) is 3.94. The molecule has 0 radical (unpaired) electrons. The highest BCUT2D eigenvalue weighted by Gasteiger charge is 2.20. The lowest BCUT2D eigenvalue weighted by Crippen LogP contribution is -2.06. The Hall–Kier alpha value is -0.880. The summed E-state index contributed by atoms with van der Waals surface area (Å²) >= 11 is 1.29. The van der Waals surface area contributed by atoms with Crippen molar-refractivity contribution >= 4 is 22.6 Å². The first-order valence-electron chi connectivity index (χ1n) is 5.25. The van der Waals surface area contributed by atoms with Crippen LogP contribution in [0, 0.1) is 5.92 Å². The first kappa shape index (κ1) is 10.6. The van der Waals surface area contributed by atoms with E-state index in [9.17, 15) is 0 Å².